The van der Waals surface area contributed by atoms with Crippen molar-refractivity contribution < 1.29 is 64.8 Å². The number of nitrogens with zero attached hydrogens (tertiary/aromatic N) is 1. The Hall–Kier alpha value is -3.72. The molecule has 0 bridgehead atoms. The number of carbonyl (C=O) groups is 2. The van der Waals surface area contributed by atoms with Gasteiger partial charge in [-0.3, -0.25) is 4.79 Å². The van der Waals surface area contributed by atoms with E-state index < -0.39 is 72.6 Å². The summed E-state index contributed by atoms with van der Waals surface area (Å²) in [6.45, 7) is -0.367. The Morgan fingerprint density at radius 2 is 1.82 bits per heavy atom. The molecule has 0 unspecified atom stereocenters. The molecule has 16 heteroatoms. The molecule has 0 amide bonds. The van der Waals surface area contributed by atoms with E-state index in [1.165, 1.54) is 6.92 Å². The van der Waals surface area contributed by atoms with E-state index >= 15 is 0 Å². The zero-order chi connectivity index (χ0) is 25.7. The van der Waals surface area contributed by atoms with Crippen molar-refractivity contribution in [2.45, 2.75) is 38.4 Å². The van der Waals surface area contributed by atoms with Crippen LogP contribution in [0, 0.1) is 10.1 Å². The molecule has 2 rings (SSSR count). The van der Waals surface area contributed by atoms with E-state index in [9.17, 15) is 46.0 Å². The third kappa shape index (κ3) is 7.41. The van der Waals surface area contributed by atoms with Crippen molar-refractivity contribution in [2.75, 3.05) is 13.4 Å². The van der Waals surface area contributed by atoms with Crippen LogP contribution in [0.1, 0.15) is 24.5 Å². The first-order valence-electron chi connectivity index (χ1n) is 9.19. The Bertz CT molecular complexity index is 974. The average molecular weight is 503 g/mol. The molecule has 1 aromatic carbocycles. The number of fused-ring (bicyclic) bond motifs is 1. The van der Waals surface area contributed by atoms with E-state index in [0.29, 0.717) is 6.08 Å². The maximum Gasteiger partial charge on any atom is 0.573 e. The van der Waals surface area contributed by atoms with Gasteiger partial charge in [-0.15, -0.1) is 23.3 Å². The lowest BCUT2D eigenvalue weighted by Crippen LogP contribution is -2.41. The SMILES string of the molecule is CCc1cc(OC(F)(F)F)cc2c1O[C@H](C(F)(F)F)C(C(=O)OCOC(=O)CCO[N+](=O)[O-])=C2. The fourth-order valence-electron chi connectivity index (χ4n) is 2.73. The fourth-order valence-corrected chi connectivity index (χ4v) is 2.73. The first kappa shape index (κ1) is 26.5. The maximum absolute atomic E-state index is 13.5. The molecule has 1 heterocycles. The summed E-state index contributed by atoms with van der Waals surface area (Å²) in [6.07, 6.45) is -13.0. The standard InChI is InChI=1S/C18H15F6NO9/c1-2-9-5-11(34-18(22,23)24)6-10-7-12(15(17(19,20)21)33-14(9)10)16(27)31-8-30-13(26)3-4-32-25(28)29/h5-7,15H,2-4,8H2,1H3/t15-/m0/s1. The Morgan fingerprint density at radius 1 is 1.15 bits per heavy atom. The second-order valence-corrected chi connectivity index (χ2v) is 6.41. The van der Waals surface area contributed by atoms with Crippen LogP contribution in [0.4, 0.5) is 26.3 Å². The van der Waals surface area contributed by atoms with Crippen LogP contribution in [0.5, 0.6) is 11.5 Å². The van der Waals surface area contributed by atoms with Gasteiger partial charge in [-0.1, -0.05) is 6.92 Å². The number of rotatable bonds is 9. The highest BCUT2D eigenvalue weighted by Gasteiger charge is 2.49. The number of esters is 2. The molecule has 1 aliphatic rings. The van der Waals surface area contributed by atoms with Crippen molar-refractivity contribution in [1.82, 2.24) is 0 Å². The monoisotopic (exact) mass is 503 g/mol. The van der Waals surface area contributed by atoms with Gasteiger partial charge < -0.3 is 23.8 Å². The average Bonchev–Trinajstić information content (AvgIpc) is 2.69. The summed E-state index contributed by atoms with van der Waals surface area (Å²) in [6, 6.07) is 1.59. The van der Waals surface area contributed by atoms with Crippen LogP contribution < -0.4 is 9.47 Å². The first-order valence-corrected chi connectivity index (χ1v) is 9.19. The summed E-state index contributed by atoms with van der Waals surface area (Å²) >= 11 is 0. The highest BCUT2D eigenvalue weighted by atomic mass is 19.4. The molecule has 188 valence electrons. The zero-order valence-electron chi connectivity index (χ0n) is 17.0. The Morgan fingerprint density at radius 3 is 2.38 bits per heavy atom. The lowest BCUT2D eigenvalue weighted by Gasteiger charge is -2.29. The highest BCUT2D eigenvalue weighted by molar-refractivity contribution is 5.96. The molecule has 0 spiro atoms. The minimum absolute atomic E-state index is 0.0221. The van der Waals surface area contributed by atoms with Gasteiger partial charge in [0.1, 0.15) is 18.1 Å². The van der Waals surface area contributed by atoms with Crippen LogP contribution >= 0.6 is 0 Å². The molecule has 1 aliphatic heterocycles. The molecule has 0 saturated heterocycles. The topological polar surface area (TPSA) is 123 Å². The maximum atomic E-state index is 13.5. The minimum atomic E-state index is -5.12. The number of ether oxygens (including phenoxy) is 4. The van der Waals surface area contributed by atoms with Gasteiger partial charge in [0, 0.05) is 5.56 Å². The van der Waals surface area contributed by atoms with Crippen molar-refractivity contribution in [1.29, 1.82) is 0 Å². The van der Waals surface area contributed by atoms with Crippen LogP contribution in [-0.2, 0) is 30.3 Å². The third-order valence-electron chi connectivity index (χ3n) is 4.06. The first-order chi connectivity index (χ1) is 15.7. The Kier molecular flexibility index (Phi) is 8.17. The summed E-state index contributed by atoms with van der Waals surface area (Å²) in [5.41, 5.74) is -1.47. The lowest BCUT2D eigenvalue weighted by molar-refractivity contribution is -0.757. The molecular weight excluding hydrogens is 488 g/mol. The van der Waals surface area contributed by atoms with Crippen molar-refractivity contribution >= 4 is 18.0 Å². The van der Waals surface area contributed by atoms with Crippen LogP contribution in [0.2, 0.25) is 0 Å². The van der Waals surface area contributed by atoms with E-state index in [4.69, 9.17) is 4.74 Å². The fraction of sp³-hybridized carbons (Fsp3) is 0.444. The molecule has 0 aromatic heterocycles. The number of alkyl halides is 6. The summed E-state index contributed by atoms with van der Waals surface area (Å²) < 4.78 is 96.0. The normalized spacial score (nSPS) is 15.4. The van der Waals surface area contributed by atoms with Gasteiger partial charge in [0.05, 0.1) is 12.0 Å². The summed E-state index contributed by atoms with van der Waals surface area (Å²) in [5, 5.41) is 8.80. The van der Waals surface area contributed by atoms with E-state index in [2.05, 4.69) is 19.0 Å². The molecule has 0 saturated carbocycles. The Balaban J connectivity index is 2.24. The van der Waals surface area contributed by atoms with E-state index in [-0.39, 0.29) is 17.5 Å². The molecular formula is C18H15F6NO9. The van der Waals surface area contributed by atoms with E-state index in [1.807, 2.05) is 0 Å². The largest absolute Gasteiger partial charge is 0.573 e. The second kappa shape index (κ2) is 10.5. The third-order valence-corrected chi connectivity index (χ3v) is 4.06. The van der Waals surface area contributed by atoms with Gasteiger partial charge in [-0.2, -0.15) is 13.2 Å². The quantitative estimate of drug-likeness (QED) is 0.164. The molecule has 0 radical (unpaired) electrons. The van der Waals surface area contributed by atoms with Gasteiger partial charge in [0.15, 0.2) is 0 Å². The number of hydrogen-bond acceptors (Lipinski definition) is 9. The second-order valence-electron chi connectivity index (χ2n) is 6.41. The van der Waals surface area contributed by atoms with Gasteiger partial charge in [-0.25, -0.2) is 4.79 Å². The van der Waals surface area contributed by atoms with Crippen LogP contribution in [0.3, 0.4) is 0 Å². The zero-order valence-corrected chi connectivity index (χ0v) is 17.0. The van der Waals surface area contributed by atoms with E-state index in [1.54, 1.807) is 0 Å². The molecule has 0 N–H and O–H groups in total. The van der Waals surface area contributed by atoms with E-state index in [0.717, 1.165) is 12.1 Å². The van der Waals surface area contributed by atoms with Crippen LogP contribution in [-0.4, -0.2) is 49.1 Å². The molecule has 0 aliphatic carbocycles. The number of aryl methyl sites for hydroxylation is 1. The molecule has 0 fully saturated rings. The molecule has 34 heavy (non-hydrogen) atoms. The number of carbonyl (C=O) groups excluding carboxylic acids is 2. The van der Waals surface area contributed by atoms with Gasteiger partial charge in [0.2, 0.25) is 12.9 Å². The smallest absolute Gasteiger partial charge is 0.475 e. The van der Waals surface area contributed by atoms with Gasteiger partial charge >= 0.3 is 24.5 Å². The summed E-state index contributed by atoms with van der Waals surface area (Å²) in [4.78, 5) is 37.4. The number of benzene rings is 1. The van der Waals surface area contributed by atoms with Crippen molar-refractivity contribution in [3.63, 3.8) is 0 Å². The van der Waals surface area contributed by atoms with Gasteiger partial charge in [-0.05, 0) is 30.2 Å². The molecule has 1 atom stereocenters. The van der Waals surface area contributed by atoms with Crippen molar-refractivity contribution in [3.8, 4) is 11.5 Å². The summed E-state index contributed by atoms with van der Waals surface area (Å²) in [7, 11) is 0. The highest BCUT2D eigenvalue weighted by Crippen LogP contribution is 2.42. The van der Waals surface area contributed by atoms with Crippen LogP contribution in [0.25, 0.3) is 6.08 Å². The van der Waals surface area contributed by atoms with Crippen molar-refractivity contribution in [2.24, 2.45) is 0 Å². The minimum Gasteiger partial charge on any atom is -0.475 e. The predicted molar refractivity (Wildman–Crippen MR) is 95.6 cm³/mol. The number of halogens is 6. The number of hydrogen-bond donors (Lipinski definition) is 0. The van der Waals surface area contributed by atoms with Crippen LogP contribution in [0.15, 0.2) is 17.7 Å². The lowest BCUT2D eigenvalue weighted by atomic mass is 9.97. The molecule has 10 nitrogen and oxygen atoms in total. The van der Waals surface area contributed by atoms with Gasteiger partial charge in [0.25, 0.3) is 5.09 Å². The summed E-state index contributed by atoms with van der Waals surface area (Å²) in [5.74, 6) is -3.90. The predicted octanol–water partition coefficient (Wildman–Crippen LogP) is 3.50. The van der Waals surface area contributed by atoms with Crippen molar-refractivity contribution in [3.05, 3.63) is 38.9 Å². The Labute approximate surface area is 186 Å². The molecule has 1 aromatic rings.